The molecule has 1 aliphatic heterocycles. The molecule has 3 unspecified atom stereocenters. The van der Waals surface area contributed by atoms with Crippen molar-refractivity contribution in [2.24, 2.45) is 5.92 Å². The Kier molecular flexibility index (Phi) is 6.87. The first-order chi connectivity index (χ1) is 16.0. The van der Waals surface area contributed by atoms with Gasteiger partial charge < -0.3 is 23.7 Å². The fourth-order valence-corrected chi connectivity index (χ4v) is 4.30. The zero-order valence-electron chi connectivity index (χ0n) is 19.0. The second kappa shape index (κ2) is 9.98. The minimum atomic E-state index is -0.523. The molecule has 7 heteroatoms. The molecule has 1 saturated carbocycles. The number of hydrogen-bond donors (Lipinski definition) is 0. The Balaban J connectivity index is 1.41. The van der Waals surface area contributed by atoms with Crippen LogP contribution < -0.4 is 14.2 Å². The summed E-state index contributed by atoms with van der Waals surface area (Å²) >= 11 is 0. The second-order valence-corrected chi connectivity index (χ2v) is 8.10. The van der Waals surface area contributed by atoms with Gasteiger partial charge in [0, 0.05) is 6.42 Å². The highest BCUT2D eigenvalue weighted by atomic mass is 16.6. The summed E-state index contributed by atoms with van der Waals surface area (Å²) in [5, 5.41) is 0. The smallest absolute Gasteiger partial charge is 0.346 e. The van der Waals surface area contributed by atoms with Gasteiger partial charge in [-0.1, -0.05) is 25.1 Å². The van der Waals surface area contributed by atoms with E-state index in [-0.39, 0.29) is 35.2 Å². The number of rotatable bonds is 7. The van der Waals surface area contributed by atoms with Crippen LogP contribution >= 0.6 is 0 Å². The molecule has 4 rings (SSSR count). The van der Waals surface area contributed by atoms with E-state index in [1.807, 2.05) is 24.3 Å². The van der Waals surface area contributed by atoms with Crippen molar-refractivity contribution in [1.82, 2.24) is 0 Å². The molecule has 0 bridgehead atoms. The number of benzene rings is 2. The Morgan fingerprint density at radius 2 is 1.73 bits per heavy atom. The number of hydrogen-bond acceptors (Lipinski definition) is 7. The van der Waals surface area contributed by atoms with E-state index in [4.69, 9.17) is 23.7 Å². The number of fused-ring (bicyclic) bond motifs is 1. The van der Waals surface area contributed by atoms with Gasteiger partial charge >= 0.3 is 5.97 Å². The summed E-state index contributed by atoms with van der Waals surface area (Å²) in [6, 6.07) is 12.8. The summed E-state index contributed by atoms with van der Waals surface area (Å²) in [7, 11) is 2.98. The van der Waals surface area contributed by atoms with Crippen LogP contribution in [-0.4, -0.2) is 38.2 Å². The van der Waals surface area contributed by atoms with Gasteiger partial charge in [0.2, 0.25) is 11.5 Å². The van der Waals surface area contributed by atoms with Crippen molar-refractivity contribution in [3.8, 4) is 17.2 Å². The van der Waals surface area contributed by atoms with E-state index < -0.39 is 5.97 Å². The Labute approximate surface area is 193 Å². The number of methoxy groups -OCH3 is 2. The molecular formula is C26H28O7. The molecule has 33 heavy (non-hydrogen) atoms. The molecule has 2 aromatic carbocycles. The van der Waals surface area contributed by atoms with Crippen molar-refractivity contribution in [1.29, 1.82) is 0 Å². The van der Waals surface area contributed by atoms with Crippen molar-refractivity contribution >= 4 is 11.8 Å². The van der Waals surface area contributed by atoms with Gasteiger partial charge in [-0.25, -0.2) is 4.79 Å². The molecule has 3 atom stereocenters. The van der Waals surface area contributed by atoms with Crippen LogP contribution in [0.3, 0.4) is 0 Å². The van der Waals surface area contributed by atoms with Crippen LogP contribution in [0.15, 0.2) is 54.5 Å². The van der Waals surface area contributed by atoms with Crippen LogP contribution in [0, 0.1) is 5.92 Å². The maximum absolute atomic E-state index is 13.0. The lowest BCUT2D eigenvalue weighted by atomic mass is 9.80. The van der Waals surface area contributed by atoms with E-state index in [1.165, 1.54) is 26.0 Å². The van der Waals surface area contributed by atoms with E-state index in [2.05, 4.69) is 6.92 Å². The molecule has 0 saturated heterocycles. The molecule has 0 radical (unpaired) electrons. The van der Waals surface area contributed by atoms with Gasteiger partial charge in [0.25, 0.3) is 0 Å². The molecule has 0 amide bonds. The van der Waals surface area contributed by atoms with Gasteiger partial charge in [0.1, 0.15) is 41.3 Å². The first-order valence-electron chi connectivity index (χ1n) is 11.1. The predicted octanol–water partition coefficient (Wildman–Crippen LogP) is 4.48. The molecule has 1 fully saturated rings. The number of allylic oxidation sites excluding steroid dienone is 1. The van der Waals surface area contributed by atoms with Crippen molar-refractivity contribution < 1.29 is 33.3 Å². The molecule has 7 nitrogen and oxygen atoms in total. The maximum Gasteiger partial charge on any atom is 0.346 e. The average molecular weight is 453 g/mol. The SMILES string of the molecule is CCc1ccc(OC2=COC3CC(OC(=O)c4c(OC)cccc4OC)CCC3C2=O)cc1. The van der Waals surface area contributed by atoms with E-state index >= 15 is 0 Å². The lowest BCUT2D eigenvalue weighted by Crippen LogP contribution is -2.43. The predicted molar refractivity (Wildman–Crippen MR) is 121 cm³/mol. The van der Waals surface area contributed by atoms with Gasteiger partial charge in [-0.05, 0) is 49.1 Å². The highest BCUT2D eigenvalue weighted by Crippen LogP contribution is 2.36. The number of ketones is 1. The Morgan fingerprint density at radius 3 is 2.36 bits per heavy atom. The summed E-state index contributed by atoms with van der Waals surface area (Å²) < 4.78 is 28.0. The minimum absolute atomic E-state index is 0.0815. The van der Waals surface area contributed by atoms with Gasteiger partial charge in [-0.15, -0.1) is 0 Å². The minimum Gasteiger partial charge on any atom is -0.496 e. The van der Waals surface area contributed by atoms with Crippen LogP contribution in [-0.2, 0) is 20.7 Å². The van der Waals surface area contributed by atoms with Crippen LogP contribution in [0.5, 0.6) is 17.2 Å². The molecule has 0 N–H and O–H groups in total. The normalized spacial score (nSPS) is 21.8. The monoisotopic (exact) mass is 452 g/mol. The summed E-state index contributed by atoms with van der Waals surface area (Å²) in [5.74, 6) is 0.641. The summed E-state index contributed by atoms with van der Waals surface area (Å²) in [6.07, 6.45) is 3.10. The third-order valence-corrected chi connectivity index (χ3v) is 6.14. The zero-order chi connectivity index (χ0) is 23.4. The highest BCUT2D eigenvalue weighted by Gasteiger charge is 2.42. The van der Waals surface area contributed by atoms with Gasteiger partial charge in [-0.3, -0.25) is 4.79 Å². The topological polar surface area (TPSA) is 80.3 Å². The Hall–Kier alpha value is -3.48. The second-order valence-electron chi connectivity index (χ2n) is 8.10. The van der Waals surface area contributed by atoms with Crippen molar-refractivity contribution in [2.75, 3.05) is 14.2 Å². The standard InChI is InChI=1S/C26H28O7/c1-4-16-8-10-17(11-9-16)32-23-15-31-22-14-18(12-13-19(22)25(23)27)33-26(28)24-20(29-2)6-5-7-21(24)30-3/h5-11,15,18-19,22H,4,12-14H2,1-3H3. The van der Waals surface area contributed by atoms with Crippen LogP contribution in [0.1, 0.15) is 42.1 Å². The van der Waals surface area contributed by atoms with E-state index in [0.29, 0.717) is 36.5 Å². The number of Topliss-reactive ketones (excluding diaryl/α,β-unsaturated/α-hetero) is 1. The first-order valence-corrected chi connectivity index (χ1v) is 11.1. The Bertz CT molecular complexity index is 1020. The lowest BCUT2D eigenvalue weighted by molar-refractivity contribution is -0.132. The third-order valence-electron chi connectivity index (χ3n) is 6.14. The molecule has 0 aromatic heterocycles. The van der Waals surface area contributed by atoms with E-state index in [1.54, 1.807) is 18.2 Å². The molecule has 2 aliphatic rings. The molecule has 174 valence electrons. The van der Waals surface area contributed by atoms with Gasteiger partial charge in [-0.2, -0.15) is 0 Å². The van der Waals surface area contributed by atoms with E-state index in [9.17, 15) is 9.59 Å². The molecule has 1 aliphatic carbocycles. The van der Waals surface area contributed by atoms with Crippen molar-refractivity contribution in [2.45, 2.75) is 44.8 Å². The number of carbonyl (C=O) groups is 2. The van der Waals surface area contributed by atoms with Gasteiger partial charge in [0.15, 0.2) is 0 Å². The van der Waals surface area contributed by atoms with Crippen molar-refractivity contribution in [3.63, 3.8) is 0 Å². The molecule has 2 aromatic rings. The van der Waals surface area contributed by atoms with Crippen molar-refractivity contribution in [3.05, 3.63) is 65.6 Å². The fourth-order valence-electron chi connectivity index (χ4n) is 4.30. The molecular weight excluding hydrogens is 424 g/mol. The summed E-state index contributed by atoms with van der Waals surface area (Å²) in [4.78, 5) is 25.9. The molecule has 1 heterocycles. The number of aryl methyl sites for hydroxylation is 1. The number of esters is 1. The third kappa shape index (κ3) is 4.82. The van der Waals surface area contributed by atoms with Gasteiger partial charge in [0.05, 0.1) is 20.1 Å². The summed E-state index contributed by atoms with van der Waals surface area (Å²) in [6.45, 7) is 2.08. The van der Waals surface area contributed by atoms with E-state index in [0.717, 1.165) is 6.42 Å². The highest BCUT2D eigenvalue weighted by molar-refractivity contribution is 5.97. The average Bonchev–Trinajstić information content (AvgIpc) is 2.85. The zero-order valence-corrected chi connectivity index (χ0v) is 19.0. The molecule has 0 spiro atoms. The van der Waals surface area contributed by atoms with Crippen LogP contribution in [0.4, 0.5) is 0 Å². The first kappa shape index (κ1) is 22.7. The Morgan fingerprint density at radius 1 is 1.03 bits per heavy atom. The quantitative estimate of drug-likeness (QED) is 0.573. The summed E-state index contributed by atoms with van der Waals surface area (Å²) in [5.41, 5.74) is 1.44. The fraction of sp³-hybridized carbons (Fsp3) is 0.385. The van der Waals surface area contributed by atoms with Crippen LogP contribution in [0.25, 0.3) is 0 Å². The largest absolute Gasteiger partial charge is 0.496 e. The number of carbonyl (C=O) groups excluding carboxylic acids is 2. The lowest BCUT2D eigenvalue weighted by Gasteiger charge is -2.36. The van der Waals surface area contributed by atoms with Crippen LogP contribution in [0.2, 0.25) is 0 Å². The number of ether oxygens (including phenoxy) is 5. The maximum atomic E-state index is 13.0.